The third-order valence-corrected chi connectivity index (χ3v) is 8.75. The first kappa shape index (κ1) is 32.0. The highest BCUT2D eigenvalue weighted by Gasteiger charge is 2.52. The van der Waals surface area contributed by atoms with E-state index in [-0.39, 0.29) is 56.6 Å². The maximum atomic E-state index is 14.2. The van der Waals surface area contributed by atoms with Crippen molar-refractivity contribution in [2.24, 2.45) is 0 Å². The van der Waals surface area contributed by atoms with E-state index in [0.717, 1.165) is 21.9 Å². The van der Waals surface area contributed by atoms with E-state index in [1.165, 1.54) is 22.0 Å². The Kier molecular flexibility index (Phi) is 9.17. The van der Waals surface area contributed by atoms with Crippen LogP contribution in [0.4, 0.5) is 10.5 Å². The first-order chi connectivity index (χ1) is 23.3. The van der Waals surface area contributed by atoms with Crippen molar-refractivity contribution in [1.29, 1.82) is 5.26 Å². The molecule has 2 saturated heterocycles. The van der Waals surface area contributed by atoms with Crippen LogP contribution in [0.15, 0.2) is 91.0 Å². The number of amides is 4. The number of rotatable bonds is 10. The van der Waals surface area contributed by atoms with E-state index in [1.54, 1.807) is 41.3 Å². The Balaban J connectivity index is 1.30. The maximum absolute atomic E-state index is 14.2. The normalized spacial score (nSPS) is 17.6. The second-order valence-electron chi connectivity index (χ2n) is 11.6. The summed E-state index contributed by atoms with van der Waals surface area (Å²) in [6.07, 6.45) is -0.630. The van der Waals surface area contributed by atoms with Gasteiger partial charge < -0.3 is 19.9 Å². The summed E-state index contributed by atoms with van der Waals surface area (Å²) < 4.78 is 5.20. The molecule has 13 nitrogen and oxygen atoms in total. The maximum Gasteiger partial charge on any atom is 0.333 e. The van der Waals surface area contributed by atoms with Gasteiger partial charge in [-0.1, -0.05) is 66.7 Å². The molecule has 2 aliphatic rings. The molecule has 1 N–H and O–H groups in total. The summed E-state index contributed by atoms with van der Waals surface area (Å²) in [5, 5.41) is 28.6. The summed E-state index contributed by atoms with van der Waals surface area (Å²) in [6.45, 7) is -0.0102. The Morgan fingerprint density at radius 2 is 1.73 bits per heavy atom. The van der Waals surface area contributed by atoms with Gasteiger partial charge in [0.1, 0.15) is 24.5 Å². The van der Waals surface area contributed by atoms with Crippen molar-refractivity contribution in [3.05, 3.63) is 118 Å². The fourth-order valence-corrected chi connectivity index (χ4v) is 6.36. The van der Waals surface area contributed by atoms with Gasteiger partial charge in [0.05, 0.1) is 31.2 Å². The van der Waals surface area contributed by atoms with E-state index in [0.29, 0.717) is 11.3 Å². The Bertz CT molecular complexity index is 1890. The standard InChI is InChI=1S/C35H33N7O6/c1-48-29-15-11-25(12-16-29)20-37-35(45)39(18-17-36)40-23-33(43)41-31(19-24-9-13-28(14-10-24)42(46)47)34(44)38(22-32(40)41)21-27-7-4-6-26-5-2-3-8-30(26)27/h2-16,31-32H,18-23H2,1H3,(H,37,45)/t31-,32+/m0/s1. The summed E-state index contributed by atoms with van der Waals surface area (Å²) in [4.78, 5) is 55.4. The number of methoxy groups -OCH3 is 1. The lowest BCUT2D eigenvalue weighted by molar-refractivity contribution is -0.384. The van der Waals surface area contributed by atoms with Crippen LogP contribution in [0.2, 0.25) is 0 Å². The molecule has 4 aromatic carbocycles. The van der Waals surface area contributed by atoms with Crippen LogP contribution in [0.3, 0.4) is 0 Å². The second-order valence-corrected chi connectivity index (χ2v) is 11.6. The largest absolute Gasteiger partial charge is 0.497 e. The van der Waals surface area contributed by atoms with E-state index >= 15 is 0 Å². The summed E-state index contributed by atoms with van der Waals surface area (Å²) in [5.74, 6) is 0.0366. The minimum absolute atomic E-state index is 0.0830. The van der Waals surface area contributed by atoms with Gasteiger partial charge in [0.15, 0.2) is 0 Å². The highest BCUT2D eigenvalue weighted by molar-refractivity contribution is 5.92. The number of hydrogen-bond donors (Lipinski definition) is 1. The van der Waals surface area contributed by atoms with E-state index < -0.39 is 23.2 Å². The third-order valence-electron chi connectivity index (χ3n) is 8.75. The van der Waals surface area contributed by atoms with Crippen LogP contribution in [0.25, 0.3) is 10.8 Å². The predicted molar refractivity (Wildman–Crippen MR) is 175 cm³/mol. The molecule has 0 aliphatic carbocycles. The van der Waals surface area contributed by atoms with Gasteiger partial charge in [-0.25, -0.2) is 9.80 Å². The third kappa shape index (κ3) is 6.47. The van der Waals surface area contributed by atoms with Gasteiger partial charge >= 0.3 is 6.03 Å². The number of hydrogen-bond acceptors (Lipinski definition) is 8. The van der Waals surface area contributed by atoms with Crippen molar-refractivity contribution < 1.29 is 24.0 Å². The van der Waals surface area contributed by atoms with E-state index in [2.05, 4.69) is 5.32 Å². The average Bonchev–Trinajstić information content (AvgIpc) is 3.43. The topological polar surface area (TPSA) is 152 Å². The molecule has 0 aromatic heterocycles. The zero-order valence-corrected chi connectivity index (χ0v) is 26.2. The molecule has 2 fully saturated rings. The van der Waals surface area contributed by atoms with Gasteiger partial charge in [-0.05, 0) is 39.6 Å². The Morgan fingerprint density at radius 1 is 1.02 bits per heavy atom. The molecule has 6 rings (SSSR count). The smallest absolute Gasteiger partial charge is 0.333 e. The molecule has 0 radical (unpaired) electrons. The van der Waals surface area contributed by atoms with Crippen molar-refractivity contribution >= 4 is 34.3 Å². The first-order valence-corrected chi connectivity index (χ1v) is 15.4. The minimum atomic E-state index is -0.941. The quantitative estimate of drug-likeness (QED) is 0.155. The number of nitro benzene ring substituents is 1. The lowest BCUT2D eigenvalue weighted by atomic mass is 9.99. The SMILES string of the molecule is COc1ccc(CNC(=O)N(CC#N)N2CC(=O)N3[C@@H](Cc4ccc([N+](=O)[O-])cc4)C(=O)N(Cc4cccc5ccccc45)C[C@@H]32)cc1. The van der Waals surface area contributed by atoms with Gasteiger partial charge in [0.2, 0.25) is 11.8 Å². The summed E-state index contributed by atoms with van der Waals surface area (Å²) in [7, 11) is 1.57. The number of carbonyl (C=O) groups excluding carboxylic acids is 3. The zero-order valence-electron chi connectivity index (χ0n) is 26.2. The van der Waals surface area contributed by atoms with Crippen molar-refractivity contribution in [1.82, 2.24) is 25.1 Å². The van der Waals surface area contributed by atoms with Gasteiger partial charge in [-0.3, -0.25) is 19.7 Å². The first-order valence-electron chi connectivity index (χ1n) is 15.4. The van der Waals surface area contributed by atoms with E-state index in [1.807, 2.05) is 60.7 Å². The van der Waals surface area contributed by atoms with Crippen molar-refractivity contribution in [3.8, 4) is 11.8 Å². The number of fused-ring (bicyclic) bond motifs is 2. The number of nitrogens with one attached hydrogen (secondary N) is 1. The zero-order chi connectivity index (χ0) is 33.8. The number of nitriles is 1. The molecule has 0 unspecified atom stereocenters. The predicted octanol–water partition coefficient (Wildman–Crippen LogP) is 3.83. The number of carbonyl (C=O) groups is 3. The Morgan fingerprint density at radius 3 is 2.44 bits per heavy atom. The second kappa shape index (κ2) is 13.8. The Hall–Kier alpha value is -6.00. The van der Waals surface area contributed by atoms with E-state index in [4.69, 9.17) is 4.74 Å². The molecular formula is C35H33N7O6. The molecule has 2 atom stereocenters. The van der Waals surface area contributed by atoms with E-state index in [9.17, 15) is 29.8 Å². The monoisotopic (exact) mass is 647 g/mol. The van der Waals surface area contributed by atoms with Crippen molar-refractivity contribution in [2.45, 2.75) is 31.7 Å². The number of ether oxygens (including phenoxy) is 1. The van der Waals surface area contributed by atoms with Gasteiger partial charge in [-0.2, -0.15) is 10.3 Å². The number of piperazine rings is 1. The number of urea groups is 1. The minimum Gasteiger partial charge on any atom is -0.497 e. The summed E-state index contributed by atoms with van der Waals surface area (Å²) >= 11 is 0. The van der Waals surface area contributed by atoms with Crippen LogP contribution in [-0.2, 0) is 29.1 Å². The van der Waals surface area contributed by atoms with Gasteiger partial charge in [0.25, 0.3) is 5.69 Å². The number of nitro groups is 1. The summed E-state index contributed by atoms with van der Waals surface area (Å²) in [5.41, 5.74) is 2.29. The molecule has 4 amide bonds. The van der Waals surface area contributed by atoms with Gasteiger partial charge in [-0.15, -0.1) is 0 Å². The van der Waals surface area contributed by atoms with Crippen molar-refractivity contribution in [2.75, 3.05) is 26.7 Å². The molecule has 13 heteroatoms. The molecule has 4 aromatic rings. The van der Waals surface area contributed by atoms with Gasteiger partial charge in [0, 0.05) is 31.6 Å². The molecule has 244 valence electrons. The van der Waals surface area contributed by atoms with Crippen LogP contribution in [0.1, 0.15) is 16.7 Å². The highest BCUT2D eigenvalue weighted by atomic mass is 16.6. The molecule has 0 saturated carbocycles. The molecular weight excluding hydrogens is 614 g/mol. The van der Waals surface area contributed by atoms with Crippen molar-refractivity contribution in [3.63, 3.8) is 0 Å². The lowest BCUT2D eigenvalue weighted by Crippen LogP contribution is -2.66. The highest BCUT2D eigenvalue weighted by Crippen LogP contribution is 2.31. The number of non-ortho nitro benzene ring substituents is 1. The molecule has 0 bridgehead atoms. The molecule has 0 spiro atoms. The van der Waals surface area contributed by atoms with Crippen LogP contribution in [0, 0.1) is 21.4 Å². The van der Waals surface area contributed by atoms with Crippen LogP contribution < -0.4 is 10.1 Å². The number of hydrazine groups is 1. The Labute approximate surface area is 276 Å². The average molecular weight is 648 g/mol. The lowest BCUT2D eigenvalue weighted by Gasteiger charge is -2.46. The fourth-order valence-electron chi connectivity index (χ4n) is 6.36. The fraction of sp³-hybridized carbons (Fsp3) is 0.257. The molecule has 2 heterocycles. The van der Waals surface area contributed by atoms with Crippen LogP contribution in [0.5, 0.6) is 5.75 Å². The van der Waals surface area contributed by atoms with Crippen LogP contribution >= 0.6 is 0 Å². The summed E-state index contributed by atoms with van der Waals surface area (Å²) in [6, 6.07) is 27.4. The molecule has 2 aliphatic heterocycles. The number of nitrogens with zero attached hydrogens (tertiary/aromatic N) is 6. The number of benzene rings is 4. The van der Waals surface area contributed by atoms with Crippen LogP contribution in [-0.4, -0.2) is 81.5 Å². The molecule has 48 heavy (non-hydrogen) atoms.